The van der Waals surface area contributed by atoms with E-state index in [2.05, 4.69) is 33.8 Å². The first kappa shape index (κ1) is 14.8. The molecule has 1 aliphatic heterocycles. The van der Waals surface area contributed by atoms with Gasteiger partial charge in [0.1, 0.15) is 5.82 Å². The molecule has 3 heterocycles. The maximum atomic E-state index is 5.92. The number of rotatable bonds is 5. The summed E-state index contributed by atoms with van der Waals surface area (Å²) < 4.78 is 1.72. The number of nitrogens with zero attached hydrogens (tertiary/aromatic N) is 5. The van der Waals surface area contributed by atoms with Gasteiger partial charge < -0.3 is 10.6 Å². The van der Waals surface area contributed by atoms with Gasteiger partial charge in [-0.05, 0) is 31.2 Å². The zero-order valence-corrected chi connectivity index (χ0v) is 13.3. The molecule has 2 atom stereocenters. The molecule has 0 radical (unpaired) electrons. The minimum Gasteiger partial charge on any atom is -0.368 e. The largest absolute Gasteiger partial charge is 0.368 e. The van der Waals surface area contributed by atoms with Crippen LogP contribution in [-0.2, 0) is 0 Å². The van der Waals surface area contributed by atoms with Gasteiger partial charge in [0.25, 0.3) is 0 Å². The van der Waals surface area contributed by atoms with Gasteiger partial charge in [0.2, 0.25) is 5.95 Å². The molecule has 0 aliphatic carbocycles. The molecule has 6 heteroatoms. The summed E-state index contributed by atoms with van der Waals surface area (Å²) in [5.41, 5.74) is 5.92. The van der Waals surface area contributed by atoms with Crippen molar-refractivity contribution in [3.8, 4) is 5.82 Å². The summed E-state index contributed by atoms with van der Waals surface area (Å²) in [6.07, 6.45) is 8.50. The molecular formula is C16H24N6. The number of anilines is 2. The second kappa shape index (κ2) is 6.34. The van der Waals surface area contributed by atoms with Crippen molar-refractivity contribution in [3.05, 3.63) is 24.5 Å². The standard InChI is InChI=1S/C16H24N6/c1-3-6-12(2)13-7-4-9-21(13)14-11-15(20-16(17)19-14)22-10-5-8-18-22/h5,8,10-13H,3-4,6-7,9H2,1-2H3,(H2,17,19,20)/t12-,13+/m1/s1. The van der Waals surface area contributed by atoms with Crippen LogP contribution in [0.2, 0.25) is 0 Å². The van der Waals surface area contributed by atoms with Crippen molar-refractivity contribution < 1.29 is 0 Å². The Morgan fingerprint density at radius 1 is 1.36 bits per heavy atom. The Hall–Kier alpha value is -2.11. The van der Waals surface area contributed by atoms with Crippen LogP contribution in [0.15, 0.2) is 24.5 Å². The fourth-order valence-corrected chi connectivity index (χ4v) is 3.42. The van der Waals surface area contributed by atoms with Crippen molar-refractivity contribution >= 4 is 11.8 Å². The zero-order valence-electron chi connectivity index (χ0n) is 13.3. The van der Waals surface area contributed by atoms with E-state index in [-0.39, 0.29) is 0 Å². The van der Waals surface area contributed by atoms with Crippen molar-refractivity contribution in [2.75, 3.05) is 17.2 Å². The van der Waals surface area contributed by atoms with E-state index in [1.165, 1.54) is 25.7 Å². The highest BCUT2D eigenvalue weighted by Crippen LogP contribution is 2.31. The molecule has 0 bridgehead atoms. The maximum Gasteiger partial charge on any atom is 0.224 e. The monoisotopic (exact) mass is 300 g/mol. The van der Waals surface area contributed by atoms with Crippen LogP contribution in [0.1, 0.15) is 39.5 Å². The van der Waals surface area contributed by atoms with Crippen LogP contribution in [0.4, 0.5) is 11.8 Å². The summed E-state index contributed by atoms with van der Waals surface area (Å²) in [4.78, 5) is 11.2. The molecular weight excluding hydrogens is 276 g/mol. The minimum absolute atomic E-state index is 0.303. The summed E-state index contributed by atoms with van der Waals surface area (Å²) in [5, 5.41) is 4.23. The molecule has 118 valence electrons. The highest BCUT2D eigenvalue weighted by molar-refractivity contribution is 5.49. The third-order valence-corrected chi connectivity index (χ3v) is 4.45. The number of hydrogen-bond donors (Lipinski definition) is 1. The lowest BCUT2D eigenvalue weighted by atomic mass is 9.95. The molecule has 0 unspecified atom stereocenters. The predicted octanol–water partition coefficient (Wildman–Crippen LogP) is 2.65. The van der Waals surface area contributed by atoms with Crippen molar-refractivity contribution in [2.24, 2.45) is 5.92 Å². The van der Waals surface area contributed by atoms with E-state index in [0.29, 0.717) is 17.9 Å². The van der Waals surface area contributed by atoms with Gasteiger partial charge in [-0.1, -0.05) is 20.3 Å². The van der Waals surface area contributed by atoms with Crippen LogP contribution in [0.3, 0.4) is 0 Å². The number of nitrogens with two attached hydrogens (primary N) is 1. The van der Waals surface area contributed by atoms with E-state index in [9.17, 15) is 0 Å². The maximum absolute atomic E-state index is 5.92. The van der Waals surface area contributed by atoms with Gasteiger partial charge in [-0.25, -0.2) is 4.68 Å². The van der Waals surface area contributed by atoms with E-state index in [1.54, 1.807) is 10.9 Å². The van der Waals surface area contributed by atoms with Crippen molar-refractivity contribution in [3.63, 3.8) is 0 Å². The topological polar surface area (TPSA) is 72.9 Å². The molecule has 2 N–H and O–H groups in total. The average molecular weight is 300 g/mol. The first-order valence-electron chi connectivity index (χ1n) is 8.10. The Balaban J connectivity index is 1.90. The smallest absolute Gasteiger partial charge is 0.224 e. The van der Waals surface area contributed by atoms with Gasteiger partial charge in [-0.3, -0.25) is 0 Å². The van der Waals surface area contributed by atoms with Crippen molar-refractivity contribution in [1.29, 1.82) is 0 Å². The van der Waals surface area contributed by atoms with Crippen LogP contribution < -0.4 is 10.6 Å². The summed E-state index contributed by atoms with van der Waals surface area (Å²) in [6, 6.07) is 4.40. The Morgan fingerprint density at radius 3 is 2.91 bits per heavy atom. The first-order valence-corrected chi connectivity index (χ1v) is 8.10. The van der Waals surface area contributed by atoms with Gasteiger partial charge >= 0.3 is 0 Å². The van der Waals surface area contributed by atoms with Gasteiger partial charge in [0.15, 0.2) is 5.82 Å². The number of nitrogen functional groups attached to an aromatic ring is 1. The van der Waals surface area contributed by atoms with Crippen LogP contribution in [0, 0.1) is 5.92 Å². The molecule has 1 fully saturated rings. The van der Waals surface area contributed by atoms with Crippen molar-refractivity contribution in [2.45, 2.75) is 45.6 Å². The van der Waals surface area contributed by atoms with E-state index in [1.807, 2.05) is 18.3 Å². The number of aromatic nitrogens is 4. The molecule has 6 nitrogen and oxygen atoms in total. The Bertz CT molecular complexity index is 609. The summed E-state index contributed by atoms with van der Waals surface area (Å²) in [5.74, 6) is 2.61. The third kappa shape index (κ3) is 2.91. The van der Waals surface area contributed by atoms with Gasteiger partial charge in [-0.15, -0.1) is 0 Å². The molecule has 0 spiro atoms. The molecule has 1 saturated heterocycles. The Morgan fingerprint density at radius 2 is 2.18 bits per heavy atom. The van der Waals surface area contributed by atoms with Gasteiger partial charge in [0, 0.05) is 31.0 Å². The lowest BCUT2D eigenvalue weighted by Crippen LogP contribution is -2.35. The van der Waals surface area contributed by atoms with Gasteiger partial charge in [0.05, 0.1) is 0 Å². The molecule has 3 rings (SSSR count). The van der Waals surface area contributed by atoms with Crippen LogP contribution in [0.25, 0.3) is 5.82 Å². The molecule has 22 heavy (non-hydrogen) atoms. The highest BCUT2D eigenvalue weighted by atomic mass is 15.3. The van der Waals surface area contributed by atoms with Crippen LogP contribution >= 0.6 is 0 Å². The Labute approximate surface area is 131 Å². The Kier molecular flexibility index (Phi) is 4.27. The first-order chi connectivity index (χ1) is 10.7. The molecule has 1 aliphatic rings. The summed E-state index contributed by atoms with van der Waals surface area (Å²) in [6.45, 7) is 5.62. The normalized spacial score (nSPS) is 19.5. The minimum atomic E-state index is 0.303. The lowest BCUT2D eigenvalue weighted by Gasteiger charge is -2.30. The second-order valence-electron chi connectivity index (χ2n) is 6.06. The second-order valence-corrected chi connectivity index (χ2v) is 6.06. The predicted molar refractivity (Wildman–Crippen MR) is 88.0 cm³/mol. The van der Waals surface area contributed by atoms with Crippen LogP contribution in [-0.4, -0.2) is 32.3 Å². The third-order valence-electron chi connectivity index (χ3n) is 4.45. The summed E-state index contributed by atoms with van der Waals surface area (Å²) in [7, 11) is 0. The molecule has 0 aromatic carbocycles. The lowest BCUT2D eigenvalue weighted by molar-refractivity contribution is 0.420. The number of hydrogen-bond acceptors (Lipinski definition) is 5. The van der Waals surface area contributed by atoms with Gasteiger partial charge in [-0.2, -0.15) is 15.1 Å². The van der Waals surface area contributed by atoms with E-state index in [4.69, 9.17) is 5.73 Å². The van der Waals surface area contributed by atoms with E-state index < -0.39 is 0 Å². The van der Waals surface area contributed by atoms with Crippen LogP contribution in [0.5, 0.6) is 0 Å². The molecule has 0 saturated carbocycles. The summed E-state index contributed by atoms with van der Waals surface area (Å²) >= 11 is 0. The molecule has 2 aromatic rings. The quantitative estimate of drug-likeness (QED) is 0.919. The average Bonchev–Trinajstić information content (AvgIpc) is 3.18. The van der Waals surface area contributed by atoms with Crippen molar-refractivity contribution in [1.82, 2.24) is 19.7 Å². The van der Waals surface area contributed by atoms with E-state index in [0.717, 1.165) is 18.2 Å². The fraction of sp³-hybridized carbons (Fsp3) is 0.562. The zero-order chi connectivity index (χ0) is 15.5. The van der Waals surface area contributed by atoms with E-state index >= 15 is 0 Å². The molecule has 2 aromatic heterocycles. The highest BCUT2D eigenvalue weighted by Gasteiger charge is 2.30. The SMILES string of the molecule is CCC[C@@H](C)[C@@H]1CCCN1c1cc(-n2cccn2)nc(N)n1. The molecule has 0 amide bonds. The fourth-order valence-electron chi connectivity index (χ4n) is 3.42.